The number of anilines is 1. The van der Waals surface area contributed by atoms with Crippen LogP contribution in [0.4, 0.5) is 5.82 Å². The summed E-state index contributed by atoms with van der Waals surface area (Å²) in [6.45, 7) is 0. The highest BCUT2D eigenvalue weighted by Crippen LogP contribution is 2.15. The van der Waals surface area contributed by atoms with E-state index >= 15 is 0 Å². The molecule has 0 aliphatic rings. The van der Waals surface area contributed by atoms with E-state index in [2.05, 4.69) is 35.4 Å². The van der Waals surface area contributed by atoms with Crippen LogP contribution in [-0.4, -0.2) is 30.6 Å². The Bertz CT molecular complexity index is 936. The van der Waals surface area contributed by atoms with Gasteiger partial charge in [0.2, 0.25) is 0 Å². The first-order valence-corrected chi connectivity index (χ1v) is 7.36. The van der Waals surface area contributed by atoms with Crippen molar-refractivity contribution in [2.75, 3.05) is 5.43 Å². The standard InChI is InChI=1S/C17H13N7/c1-2-6-12(7-3-1)14(13-8-4-5-9-18-13)23-24-17-15-16(20-10-19-15)21-11-22-17/h1-11H,(H2,19,20,21,22,24)/b23-14+. The van der Waals surface area contributed by atoms with Gasteiger partial charge in [0.05, 0.1) is 12.0 Å². The summed E-state index contributed by atoms with van der Waals surface area (Å²) in [5.41, 5.74) is 6.72. The summed E-state index contributed by atoms with van der Waals surface area (Å²) < 4.78 is 0. The van der Waals surface area contributed by atoms with Crippen LogP contribution in [-0.2, 0) is 0 Å². The smallest absolute Gasteiger partial charge is 0.177 e. The van der Waals surface area contributed by atoms with E-state index in [4.69, 9.17) is 0 Å². The average molecular weight is 315 g/mol. The molecule has 0 unspecified atom stereocenters. The second-order valence-corrected chi connectivity index (χ2v) is 4.98. The molecule has 4 rings (SSSR count). The van der Waals surface area contributed by atoms with Crippen molar-refractivity contribution < 1.29 is 0 Å². The minimum Gasteiger partial charge on any atom is -0.329 e. The summed E-state index contributed by atoms with van der Waals surface area (Å²) >= 11 is 0. The van der Waals surface area contributed by atoms with Crippen molar-refractivity contribution in [3.8, 4) is 0 Å². The van der Waals surface area contributed by atoms with Crippen molar-refractivity contribution in [2.45, 2.75) is 0 Å². The molecular formula is C17H13N7. The fraction of sp³-hybridized carbons (Fsp3) is 0. The fourth-order valence-electron chi connectivity index (χ4n) is 2.32. The molecular weight excluding hydrogens is 302 g/mol. The maximum absolute atomic E-state index is 4.52. The quantitative estimate of drug-likeness (QED) is 0.446. The van der Waals surface area contributed by atoms with Crippen molar-refractivity contribution in [3.63, 3.8) is 0 Å². The molecule has 0 amide bonds. The number of nitrogens with one attached hydrogen (secondary N) is 2. The predicted molar refractivity (Wildman–Crippen MR) is 91.6 cm³/mol. The molecule has 0 aliphatic carbocycles. The van der Waals surface area contributed by atoms with Gasteiger partial charge < -0.3 is 4.98 Å². The van der Waals surface area contributed by atoms with E-state index in [1.54, 1.807) is 12.5 Å². The third kappa shape index (κ3) is 2.70. The highest BCUT2D eigenvalue weighted by atomic mass is 15.3. The largest absolute Gasteiger partial charge is 0.329 e. The average Bonchev–Trinajstić information content (AvgIpc) is 3.13. The first-order chi connectivity index (χ1) is 11.9. The van der Waals surface area contributed by atoms with Gasteiger partial charge in [0.15, 0.2) is 17.0 Å². The lowest BCUT2D eigenvalue weighted by Crippen LogP contribution is -2.09. The van der Waals surface area contributed by atoms with E-state index in [0.29, 0.717) is 17.0 Å². The monoisotopic (exact) mass is 315 g/mol. The van der Waals surface area contributed by atoms with E-state index in [1.165, 1.54) is 6.33 Å². The molecule has 0 radical (unpaired) electrons. The molecule has 2 N–H and O–H groups in total. The molecule has 24 heavy (non-hydrogen) atoms. The Kier molecular flexibility index (Phi) is 3.65. The van der Waals surface area contributed by atoms with Gasteiger partial charge in [-0.25, -0.2) is 15.0 Å². The molecule has 1 aromatic carbocycles. The van der Waals surface area contributed by atoms with Gasteiger partial charge >= 0.3 is 0 Å². The van der Waals surface area contributed by atoms with Gasteiger partial charge in [0.1, 0.15) is 12.0 Å². The maximum atomic E-state index is 4.52. The number of fused-ring (bicyclic) bond motifs is 1. The topological polar surface area (TPSA) is 91.7 Å². The highest BCUT2D eigenvalue weighted by molar-refractivity contribution is 6.12. The molecule has 4 aromatic rings. The summed E-state index contributed by atoms with van der Waals surface area (Å²) in [5, 5.41) is 4.52. The Morgan fingerprint density at radius 3 is 2.62 bits per heavy atom. The SMILES string of the molecule is c1ccc(/C(=N\Nc2ncnc3[nH]cnc23)c2ccccn2)cc1. The number of benzene rings is 1. The summed E-state index contributed by atoms with van der Waals surface area (Å²) in [6.07, 6.45) is 4.77. The van der Waals surface area contributed by atoms with Crippen LogP contribution < -0.4 is 5.43 Å². The van der Waals surface area contributed by atoms with Crippen LogP contribution in [0.3, 0.4) is 0 Å². The molecule has 0 saturated heterocycles. The van der Waals surface area contributed by atoms with Gasteiger partial charge in [-0.05, 0) is 12.1 Å². The summed E-state index contributed by atoms with van der Waals surface area (Å²) in [6, 6.07) is 15.6. The number of aromatic amines is 1. The lowest BCUT2D eigenvalue weighted by molar-refractivity contribution is 1.16. The molecule has 0 bridgehead atoms. The van der Waals surface area contributed by atoms with Crippen molar-refractivity contribution in [1.29, 1.82) is 0 Å². The number of aromatic nitrogens is 5. The number of imidazole rings is 1. The van der Waals surface area contributed by atoms with Gasteiger partial charge in [-0.2, -0.15) is 5.10 Å². The minimum absolute atomic E-state index is 0.533. The van der Waals surface area contributed by atoms with Gasteiger partial charge in [-0.3, -0.25) is 10.4 Å². The first kappa shape index (κ1) is 14.0. The fourth-order valence-corrected chi connectivity index (χ4v) is 2.32. The molecule has 3 aromatic heterocycles. The summed E-state index contributed by atoms with van der Waals surface area (Å²) in [5.74, 6) is 0.533. The highest BCUT2D eigenvalue weighted by Gasteiger charge is 2.10. The molecule has 0 saturated carbocycles. The van der Waals surface area contributed by atoms with Crippen LogP contribution in [0.1, 0.15) is 11.3 Å². The normalized spacial score (nSPS) is 11.6. The zero-order valence-electron chi connectivity index (χ0n) is 12.6. The molecule has 7 nitrogen and oxygen atoms in total. The molecule has 7 heteroatoms. The molecule has 0 fully saturated rings. The predicted octanol–water partition coefficient (Wildman–Crippen LogP) is 2.61. The minimum atomic E-state index is 0.533. The maximum Gasteiger partial charge on any atom is 0.177 e. The first-order valence-electron chi connectivity index (χ1n) is 7.36. The van der Waals surface area contributed by atoms with Crippen molar-refractivity contribution >= 4 is 22.7 Å². The van der Waals surface area contributed by atoms with Crippen LogP contribution in [0.2, 0.25) is 0 Å². The van der Waals surface area contributed by atoms with Gasteiger partial charge in [-0.1, -0.05) is 36.4 Å². The van der Waals surface area contributed by atoms with E-state index in [0.717, 1.165) is 17.0 Å². The Labute approximate surface area is 137 Å². The zero-order chi connectivity index (χ0) is 16.2. The second-order valence-electron chi connectivity index (χ2n) is 4.98. The number of hydrogen-bond acceptors (Lipinski definition) is 6. The third-order valence-electron chi connectivity index (χ3n) is 3.45. The van der Waals surface area contributed by atoms with Crippen molar-refractivity contribution in [2.24, 2.45) is 5.10 Å². The number of pyridine rings is 1. The van der Waals surface area contributed by atoms with Crippen LogP contribution >= 0.6 is 0 Å². The van der Waals surface area contributed by atoms with Crippen LogP contribution in [0.5, 0.6) is 0 Å². The van der Waals surface area contributed by atoms with Crippen LogP contribution in [0, 0.1) is 0 Å². The van der Waals surface area contributed by atoms with E-state index in [9.17, 15) is 0 Å². The van der Waals surface area contributed by atoms with Crippen molar-refractivity contribution in [3.05, 3.63) is 78.6 Å². The molecule has 116 valence electrons. The molecule has 0 spiro atoms. The number of H-pyrrole nitrogens is 1. The van der Waals surface area contributed by atoms with Gasteiger partial charge in [0, 0.05) is 11.8 Å². The van der Waals surface area contributed by atoms with E-state index < -0.39 is 0 Å². The lowest BCUT2D eigenvalue weighted by Gasteiger charge is -2.07. The number of hydrogen-bond donors (Lipinski definition) is 2. The van der Waals surface area contributed by atoms with E-state index in [-0.39, 0.29) is 0 Å². The Morgan fingerprint density at radius 2 is 1.79 bits per heavy atom. The second kappa shape index (κ2) is 6.25. The summed E-state index contributed by atoms with van der Waals surface area (Å²) in [7, 11) is 0. The molecule has 0 aliphatic heterocycles. The van der Waals surface area contributed by atoms with Gasteiger partial charge in [-0.15, -0.1) is 0 Å². The Hall–Kier alpha value is -3.61. The Morgan fingerprint density at radius 1 is 0.917 bits per heavy atom. The number of nitrogens with zero attached hydrogens (tertiary/aromatic N) is 5. The number of rotatable bonds is 4. The van der Waals surface area contributed by atoms with Crippen molar-refractivity contribution in [1.82, 2.24) is 24.9 Å². The summed E-state index contributed by atoms with van der Waals surface area (Å²) in [4.78, 5) is 19.9. The number of hydrazone groups is 1. The Balaban J connectivity index is 1.76. The zero-order valence-corrected chi connectivity index (χ0v) is 12.6. The lowest BCUT2D eigenvalue weighted by atomic mass is 10.1. The molecule has 0 atom stereocenters. The molecule has 3 heterocycles. The van der Waals surface area contributed by atoms with E-state index in [1.807, 2.05) is 48.5 Å². The van der Waals surface area contributed by atoms with Gasteiger partial charge in [0.25, 0.3) is 0 Å². The van der Waals surface area contributed by atoms with Crippen LogP contribution in [0.15, 0.2) is 72.5 Å². The van der Waals surface area contributed by atoms with Crippen LogP contribution in [0.25, 0.3) is 11.2 Å². The third-order valence-corrected chi connectivity index (χ3v) is 3.45.